The molecule has 0 fully saturated rings. The second-order valence-corrected chi connectivity index (χ2v) is 4.41. The molecule has 0 saturated carbocycles. The standard InChI is InChI=1S/C13H10N4O5/c18-10-5-22-9-3-6(1-2-8(9)16-10)15-11(19)7-4-14-13(21)17-12(7)20/h1-4H,5H2,(H,15,19)(H,16,18)(H2,14,17,20,21). The summed E-state index contributed by atoms with van der Waals surface area (Å²) in [6.45, 7) is -0.100. The number of benzene rings is 1. The van der Waals surface area contributed by atoms with Crippen molar-refractivity contribution in [3.8, 4) is 17.6 Å². The fourth-order valence-electron chi connectivity index (χ4n) is 1.87. The van der Waals surface area contributed by atoms with Crippen molar-refractivity contribution in [2.45, 2.75) is 0 Å². The third-order valence-electron chi connectivity index (χ3n) is 2.87. The van der Waals surface area contributed by atoms with Gasteiger partial charge in [-0.15, -0.1) is 0 Å². The van der Waals surface area contributed by atoms with E-state index in [0.29, 0.717) is 17.1 Å². The average molecular weight is 302 g/mol. The lowest BCUT2D eigenvalue weighted by Gasteiger charge is -2.18. The third-order valence-corrected chi connectivity index (χ3v) is 2.87. The van der Waals surface area contributed by atoms with E-state index in [1.54, 1.807) is 12.1 Å². The number of fused-ring (bicyclic) bond motifs is 1. The molecule has 0 radical (unpaired) electrons. The normalized spacial score (nSPS) is 12.8. The van der Waals surface area contributed by atoms with E-state index >= 15 is 0 Å². The third kappa shape index (κ3) is 2.59. The predicted molar refractivity (Wildman–Crippen MR) is 73.9 cm³/mol. The minimum Gasteiger partial charge on any atom is -0.493 e. The van der Waals surface area contributed by atoms with Gasteiger partial charge in [-0.05, 0) is 12.1 Å². The van der Waals surface area contributed by atoms with Crippen molar-refractivity contribution in [2.24, 2.45) is 0 Å². The molecule has 9 heteroatoms. The van der Waals surface area contributed by atoms with Crippen molar-refractivity contribution in [1.82, 2.24) is 9.97 Å². The molecule has 0 spiro atoms. The Bertz CT molecular complexity index is 777. The van der Waals surface area contributed by atoms with Crippen LogP contribution in [0, 0.1) is 0 Å². The lowest BCUT2D eigenvalue weighted by Crippen LogP contribution is -2.25. The largest absolute Gasteiger partial charge is 0.493 e. The number of rotatable bonds is 2. The molecule has 3 rings (SSSR count). The molecular weight excluding hydrogens is 292 g/mol. The number of aromatic nitrogens is 2. The molecule has 2 amide bonds. The lowest BCUT2D eigenvalue weighted by molar-refractivity contribution is -0.118. The zero-order valence-electron chi connectivity index (χ0n) is 11.0. The summed E-state index contributed by atoms with van der Waals surface area (Å²) in [6.07, 6.45) is 1.00. The van der Waals surface area contributed by atoms with Crippen LogP contribution in [0.1, 0.15) is 10.4 Å². The molecule has 9 nitrogen and oxygen atoms in total. The molecule has 1 aromatic carbocycles. The van der Waals surface area contributed by atoms with Crippen molar-refractivity contribution in [3.63, 3.8) is 0 Å². The molecule has 1 aliphatic heterocycles. The first-order valence-corrected chi connectivity index (χ1v) is 6.16. The summed E-state index contributed by atoms with van der Waals surface area (Å²) in [7, 11) is 0. The summed E-state index contributed by atoms with van der Waals surface area (Å²) in [4.78, 5) is 29.9. The summed E-state index contributed by atoms with van der Waals surface area (Å²) in [5, 5.41) is 23.7. The number of ether oxygens (including phenoxy) is 1. The molecule has 2 heterocycles. The molecule has 2 aromatic rings. The van der Waals surface area contributed by atoms with Gasteiger partial charge < -0.3 is 25.6 Å². The topological polar surface area (TPSA) is 134 Å². The van der Waals surface area contributed by atoms with Crippen LogP contribution in [0.15, 0.2) is 24.4 Å². The summed E-state index contributed by atoms with van der Waals surface area (Å²) < 4.78 is 5.23. The molecule has 1 aliphatic rings. The molecule has 0 atom stereocenters. The van der Waals surface area contributed by atoms with Gasteiger partial charge in [0.05, 0.1) is 11.9 Å². The predicted octanol–water partition coefficient (Wildman–Crippen LogP) is 0.471. The van der Waals surface area contributed by atoms with E-state index in [4.69, 9.17) is 9.84 Å². The Labute approximate surface area is 123 Å². The first kappa shape index (κ1) is 13.6. The highest BCUT2D eigenvalue weighted by molar-refractivity contribution is 6.06. The minimum atomic E-state index is -0.655. The number of nitrogens with zero attached hydrogens (tertiary/aromatic N) is 2. The minimum absolute atomic E-state index is 0.100. The van der Waals surface area contributed by atoms with E-state index in [2.05, 4.69) is 20.6 Å². The van der Waals surface area contributed by atoms with Crippen LogP contribution < -0.4 is 15.4 Å². The number of aromatic hydroxyl groups is 2. The molecule has 0 saturated heterocycles. The van der Waals surface area contributed by atoms with Crippen molar-refractivity contribution in [1.29, 1.82) is 0 Å². The van der Waals surface area contributed by atoms with Gasteiger partial charge in [-0.3, -0.25) is 9.59 Å². The molecule has 0 unspecified atom stereocenters. The van der Waals surface area contributed by atoms with E-state index in [0.717, 1.165) is 6.20 Å². The zero-order chi connectivity index (χ0) is 15.7. The quantitative estimate of drug-likeness (QED) is 0.633. The highest BCUT2D eigenvalue weighted by Gasteiger charge is 2.18. The second kappa shape index (κ2) is 5.20. The van der Waals surface area contributed by atoms with Gasteiger partial charge in [0.25, 0.3) is 11.8 Å². The van der Waals surface area contributed by atoms with Gasteiger partial charge in [-0.25, -0.2) is 4.98 Å². The Morgan fingerprint density at radius 2 is 2.18 bits per heavy atom. The van der Waals surface area contributed by atoms with Gasteiger partial charge in [0.15, 0.2) is 6.61 Å². The molecule has 0 aliphatic carbocycles. The molecule has 0 bridgehead atoms. The van der Waals surface area contributed by atoms with Gasteiger partial charge >= 0.3 is 6.01 Å². The number of hydrogen-bond acceptors (Lipinski definition) is 7. The van der Waals surface area contributed by atoms with Gasteiger partial charge in [0, 0.05) is 11.8 Å². The molecule has 112 valence electrons. The van der Waals surface area contributed by atoms with E-state index in [1.807, 2.05) is 0 Å². The van der Waals surface area contributed by atoms with E-state index in [-0.39, 0.29) is 18.1 Å². The first-order valence-electron chi connectivity index (χ1n) is 6.16. The van der Waals surface area contributed by atoms with Crippen molar-refractivity contribution >= 4 is 23.2 Å². The van der Waals surface area contributed by atoms with Crippen LogP contribution in [0.2, 0.25) is 0 Å². The highest BCUT2D eigenvalue weighted by atomic mass is 16.5. The van der Waals surface area contributed by atoms with Gasteiger partial charge in [0.2, 0.25) is 5.88 Å². The van der Waals surface area contributed by atoms with E-state index in [1.165, 1.54) is 6.07 Å². The second-order valence-electron chi connectivity index (χ2n) is 4.41. The molecule has 1 aromatic heterocycles. The van der Waals surface area contributed by atoms with Crippen LogP contribution in [-0.4, -0.2) is 38.6 Å². The Morgan fingerprint density at radius 1 is 1.36 bits per heavy atom. The van der Waals surface area contributed by atoms with Crippen LogP contribution in [0.25, 0.3) is 0 Å². The summed E-state index contributed by atoms with van der Waals surface area (Å²) >= 11 is 0. The fraction of sp³-hybridized carbons (Fsp3) is 0.0769. The monoisotopic (exact) mass is 302 g/mol. The van der Waals surface area contributed by atoms with Crippen molar-refractivity contribution in [3.05, 3.63) is 30.0 Å². The lowest BCUT2D eigenvalue weighted by atomic mass is 10.2. The number of carbonyl (C=O) groups is 2. The summed E-state index contributed by atoms with van der Waals surface area (Å²) in [5.74, 6) is -1.12. The summed E-state index contributed by atoms with van der Waals surface area (Å²) in [6, 6.07) is 4.04. The Kier molecular flexibility index (Phi) is 3.22. The maximum absolute atomic E-state index is 12.0. The Morgan fingerprint density at radius 3 is 2.95 bits per heavy atom. The Hall–Kier alpha value is -3.36. The maximum atomic E-state index is 12.0. The van der Waals surface area contributed by atoms with Crippen LogP contribution >= 0.6 is 0 Å². The number of carbonyl (C=O) groups excluding carboxylic acids is 2. The van der Waals surface area contributed by atoms with Gasteiger partial charge in [-0.2, -0.15) is 4.98 Å². The first-order chi connectivity index (χ1) is 10.5. The number of nitrogens with one attached hydrogen (secondary N) is 2. The fourth-order valence-corrected chi connectivity index (χ4v) is 1.87. The van der Waals surface area contributed by atoms with E-state index in [9.17, 15) is 14.7 Å². The highest BCUT2D eigenvalue weighted by Crippen LogP contribution is 2.30. The van der Waals surface area contributed by atoms with Crippen LogP contribution in [0.5, 0.6) is 17.6 Å². The zero-order valence-corrected chi connectivity index (χ0v) is 11.0. The van der Waals surface area contributed by atoms with Crippen LogP contribution in [0.3, 0.4) is 0 Å². The molecular formula is C13H10N4O5. The number of hydrogen-bond donors (Lipinski definition) is 4. The van der Waals surface area contributed by atoms with Gasteiger partial charge in [-0.1, -0.05) is 0 Å². The average Bonchev–Trinajstić information content (AvgIpc) is 2.47. The number of anilines is 2. The smallest absolute Gasteiger partial charge is 0.317 e. The summed E-state index contributed by atoms with van der Waals surface area (Å²) in [5.41, 5.74) is 0.710. The maximum Gasteiger partial charge on any atom is 0.317 e. The molecule has 4 N–H and O–H groups in total. The van der Waals surface area contributed by atoms with Crippen LogP contribution in [-0.2, 0) is 4.79 Å². The van der Waals surface area contributed by atoms with Crippen molar-refractivity contribution in [2.75, 3.05) is 17.2 Å². The number of amides is 2. The SMILES string of the molecule is O=C1COc2cc(NC(=O)c3cnc(O)nc3O)ccc2N1. The Balaban J connectivity index is 1.81. The van der Waals surface area contributed by atoms with Crippen LogP contribution in [0.4, 0.5) is 11.4 Å². The van der Waals surface area contributed by atoms with Gasteiger partial charge in [0.1, 0.15) is 11.3 Å². The molecule has 22 heavy (non-hydrogen) atoms. The van der Waals surface area contributed by atoms with Crippen molar-refractivity contribution < 1.29 is 24.5 Å². The van der Waals surface area contributed by atoms with E-state index < -0.39 is 17.8 Å².